The van der Waals surface area contributed by atoms with Crippen LogP contribution in [0.4, 0.5) is 0 Å². The molecule has 0 amide bonds. The Hall–Kier alpha value is -1.33. The van der Waals surface area contributed by atoms with E-state index in [4.69, 9.17) is 5.73 Å². The fourth-order valence-electron chi connectivity index (χ4n) is 0.111. The molecule has 0 saturated carbocycles. The molecular formula is C2H6N6. The van der Waals surface area contributed by atoms with Crippen LogP contribution in [-0.2, 0) is 0 Å². The number of nitrogens with zero attached hydrogens (tertiary/aromatic N) is 5. The molecule has 44 valence electrons. The fourth-order valence-corrected chi connectivity index (χ4v) is 0.111. The van der Waals surface area contributed by atoms with E-state index in [1.54, 1.807) is 0 Å². The molecule has 0 fully saturated rings. The molecule has 0 radical (unpaired) electrons. The Kier molecular flexibility index (Phi) is 4.73. The maximum atomic E-state index is 4.79. The molecule has 0 bridgehead atoms. The van der Waals surface area contributed by atoms with Crippen LogP contribution >= 0.6 is 0 Å². The second-order valence-corrected chi connectivity index (χ2v) is 0.733. The van der Waals surface area contributed by atoms with Gasteiger partial charge in [-0.15, -0.1) is 5.10 Å². The summed E-state index contributed by atoms with van der Waals surface area (Å²) in [5, 5.41) is 15.7. The molecular weight excluding hydrogens is 108 g/mol. The van der Waals surface area contributed by atoms with E-state index in [-0.39, 0.29) is 0 Å². The summed E-state index contributed by atoms with van der Waals surface area (Å²) < 4.78 is 0. The predicted octanol–water partition coefficient (Wildman–Crippen LogP) is 0.338. The van der Waals surface area contributed by atoms with Gasteiger partial charge in [-0.3, -0.25) is 0 Å². The van der Waals surface area contributed by atoms with Crippen molar-refractivity contribution in [3.05, 3.63) is 0 Å². The van der Waals surface area contributed by atoms with Crippen LogP contribution in [0.2, 0.25) is 0 Å². The first-order valence-electron chi connectivity index (χ1n) is 1.84. The summed E-state index contributed by atoms with van der Waals surface area (Å²) in [7, 11) is 1.48. The zero-order valence-corrected chi connectivity index (χ0v) is 4.39. The quantitative estimate of drug-likeness (QED) is 0.238. The van der Waals surface area contributed by atoms with Crippen LogP contribution < -0.4 is 5.73 Å². The van der Waals surface area contributed by atoms with Gasteiger partial charge in [-0.05, 0) is 15.7 Å². The Morgan fingerprint density at radius 2 is 2.00 bits per heavy atom. The lowest BCUT2D eigenvalue weighted by atomic mass is 11.4. The van der Waals surface area contributed by atoms with Crippen molar-refractivity contribution >= 4 is 6.34 Å². The van der Waals surface area contributed by atoms with Gasteiger partial charge in [0.25, 0.3) is 0 Å². The van der Waals surface area contributed by atoms with Crippen LogP contribution in [-0.4, -0.2) is 13.4 Å². The van der Waals surface area contributed by atoms with Gasteiger partial charge in [0.15, 0.2) is 0 Å². The predicted molar refractivity (Wildman–Crippen MR) is 28.3 cm³/mol. The van der Waals surface area contributed by atoms with Crippen molar-refractivity contribution in [3.8, 4) is 0 Å². The van der Waals surface area contributed by atoms with Gasteiger partial charge in [0.1, 0.15) is 6.34 Å². The van der Waals surface area contributed by atoms with Crippen molar-refractivity contribution in [2.75, 3.05) is 7.05 Å². The van der Waals surface area contributed by atoms with Crippen LogP contribution in [0.1, 0.15) is 0 Å². The zero-order valence-electron chi connectivity index (χ0n) is 4.39. The van der Waals surface area contributed by atoms with E-state index in [1.807, 2.05) is 0 Å². The highest BCUT2D eigenvalue weighted by molar-refractivity contribution is 5.50. The third-order valence-corrected chi connectivity index (χ3v) is 0.288. The van der Waals surface area contributed by atoms with Gasteiger partial charge in [0.2, 0.25) is 0 Å². The van der Waals surface area contributed by atoms with Crippen molar-refractivity contribution in [3.63, 3.8) is 0 Å². The first kappa shape index (κ1) is 6.67. The highest BCUT2D eigenvalue weighted by Gasteiger charge is 1.57. The topological polar surface area (TPSA) is 87.8 Å². The van der Waals surface area contributed by atoms with Crippen LogP contribution in [0.5, 0.6) is 0 Å². The van der Waals surface area contributed by atoms with Crippen molar-refractivity contribution in [2.24, 2.45) is 31.6 Å². The molecule has 6 nitrogen and oxygen atoms in total. The molecule has 0 aliphatic heterocycles. The minimum Gasteiger partial charge on any atom is -0.388 e. The molecule has 6 heteroatoms. The Morgan fingerprint density at radius 1 is 1.25 bits per heavy atom. The van der Waals surface area contributed by atoms with E-state index >= 15 is 0 Å². The number of hydrogen-bond acceptors (Lipinski definition) is 2. The van der Waals surface area contributed by atoms with Crippen LogP contribution in [0.15, 0.2) is 25.9 Å². The SMILES string of the molecule is CN=NN=NN=CN. The summed E-state index contributed by atoms with van der Waals surface area (Å²) in [6, 6.07) is 0. The van der Waals surface area contributed by atoms with Crippen molar-refractivity contribution in [2.45, 2.75) is 0 Å². The van der Waals surface area contributed by atoms with E-state index < -0.39 is 0 Å². The smallest absolute Gasteiger partial charge is 0.110 e. The highest BCUT2D eigenvalue weighted by atomic mass is 15.5. The molecule has 0 aromatic heterocycles. The molecule has 2 N–H and O–H groups in total. The Balaban J connectivity index is 3.35. The van der Waals surface area contributed by atoms with Gasteiger partial charge in [0, 0.05) is 0 Å². The molecule has 0 aliphatic carbocycles. The normalized spacial score (nSPS) is 12.6. The summed E-state index contributed by atoms with van der Waals surface area (Å²) >= 11 is 0. The molecule has 0 atom stereocenters. The molecule has 0 saturated heterocycles. The third kappa shape index (κ3) is 4.67. The number of nitrogens with two attached hydrogens (primary N) is 1. The van der Waals surface area contributed by atoms with E-state index in [0.717, 1.165) is 6.34 Å². The molecule has 8 heavy (non-hydrogen) atoms. The van der Waals surface area contributed by atoms with Gasteiger partial charge >= 0.3 is 0 Å². The highest BCUT2D eigenvalue weighted by Crippen LogP contribution is 1.75. The molecule has 0 spiro atoms. The van der Waals surface area contributed by atoms with E-state index in [1.165, 1.54) is 7.05 Å². The number of rotatable bonds is 2. The van der Waals surface area contributed by atoms with Crippen molar-refractivity contribution in [1.82, 2.24) is 0 Å². The maximum Gasteiger partial charge on any atom is 0.110 e. The van der Waals surface area contributed by atoms with Crippen LogP contribution in [0.3, 0.4) is 0 Å². The molecule has 0 heterocycles. The summed E-state index contributed by atoms with van der Waals surface area (Å²) in [6.45, 7) is 0. The Morgan fingerprint density at radius 3 is 2.50 bits per heavy atom. The molecule has 0 aromatic carbocycles. The van der Waals surface area contributed by atoms with E-state index in [9.17, 15) is 0 Å². The summed E-state index contributed by atoms with van der Waals surface area (Å²) in [5.41, 5.74) is 4.79. The average Bonchev–Trinajstić information content (AvgIpc) is 1.81. The van der Waals surface area contributed by atoms with Crippen molar-refractivity contribution in [1.29, 1.82) is 0 Å². The average molecular weight is 114 g/mol. The maximum absolute atomic E-state index is 4.79. The number of hydrogen-bond donors (Lipinski definition) is 1. The summed E-state index contributed by atoms with van der Waals surface area (Å²) in [5.74, 6) is 0. The monoisotopic (exact) mass is 114 g/mol. The molecule has 0 aliphatic rings. The zero-order chi connectivity index (χ0) is 6.24. The van der Waals surface area contributed by atoms with Gasteiger partial charge in [-0.25, -0.2) is 0 Å². The van der Waals surface area contributed by atoms with Gasteiger partial charge < -0.3 is 5.73 Å². The minimum absolute atomic E-state index is 1.01. The van der Waals surface area contributed by atoms with Crippen LogP contribution in [0, 0.1) is 0 Å². The Bertz CT molecular complexity index is 97.7. The lowest BCUT2D eigenvalue weighted by Crippen LogP contribution is -1.84. The lowest BCUT2D eigenvalue weighted by molar-refractivity contribution is 0.881. The summed E-state index contributed by atoms with van der Waals surface area (Å²) in [4.78, 5) is 0. The molecule has 0 unspecified atom stereocenters. The molecule has 0 rings (SSSR count). The standard InChI is InChI=1S/C2H6N6/c1-4-6-8-7-5-2-3/h2H,1H3,(H2,3,4,5,8). The summed E-state index contributed by atoms with van der Waals surface area (Å²) in [6.07, 6.45) is 1.01. The second-order valence-electron chi connectivity index (χ2n) is 0.733. The van der Waals surface area contributed by atoms with E-state index in [2.05, 4.69) is 25.9 Å². The Labute approximate surface area is 46.2 Å². The first-order chi connectivity index (χ1) is 3.91. The molecule has 0 aromatic rings. The largest absolute Gasteiger partial charge is 0.388 e. The van der Waals surface area contributed by atoms with Gasteiger partial charge in [0.05, 0.1) is 7.05 Å². The van der Waals surface area contributed by atoms with Gasteiger partial charge in [-0.1, -0.05) is 0 Å². The van der Waals surface area contributed by atoms with Crippen molar-refractivity contribution < 1.29 is 0 Å². The van der Waals surface area contributed by atoms with Crippen LogP contribution in [0.25, 0.3) is 0 Å². The minimum atomic E-state index is 1.01. The fraction of sp³-hybridized carbons (Fsp3) is 0.500. The lowest BCUT2D eigenvalue weighted by Gasteiger charge is -1.66. The van der Waals surface area contributed by atoms with E-state index in [0.29, 0.717) is 0 Å². The third-order valence-electron chi connectivity index (χ3n) is 0.288. The van der Waals surface area contributed by atoms with Gasteiger partial charge in [-0.2, -0.15) is 5.11 Å². The second kappa shape index (κ2) is 5.67. The first-order valence-corrected chi connectivity index (χ1v) is 1.84.